The Kier molecular flexibility index (Phi) is 10.3. The van der Waals surface area contributed by atoms with Crippen molar-refractivity contribution in [3.05, 3.63) is 158 Å². The Labute approximate surface area is 282 Å². The molecule has 46 heavy (non-hydrogen) atoms. The number of nitrogens with zero attached hydrogens (tertiary/aromatic N) is 7. The van der Waals surface area contributed by atoms with Gasteiger partial charge in [0.1, 0.15) is 0 Å². The molecule has 0 N–H and O–H groups in total. The molecule has 0 fully saturated rings. The summed E-state index contributed by atoms with van der Waals surface area (Å²) >= 11 is 0. The number of pyridine rings is 1. The number of hydrogen-bond donors (Lipinski definition) is 0. The number of benzene rings is 4. The van der Waals surface area contributed by atoms with Crippen LogP contribution in [0.1, 0.15) is 11.1 Å². The SMILES string of the molecule is Cc1cc[c-]c(-n2[c-][n+](C)c3ccccc32)c1.Cc1cc[c-]c(-n2[c-][n+](C)c3ccccc32)c1.[Ir].c1ccc(-c2ccn[n-]2)nc1. The van der Waals surface area contributed by atoms with Crippen LogP contribution in [0.5, 0.6) is 0 Å². The van der Waals surface area contributed by atoms with Crippen molar-refractivity contribution in [3.8, 4) is 22.8 Å². The van der Waals surface area contributed by atoms with E-state index >= 15 is 0 Å². The second-order valence-corrected chi connectivity index (χ2v) is 10.6. The maximum absolute atomic E-state index is 4.12. The summed E-state index contributed by atoms with van der Waals surface area (Å²) in [6, 6.07) is 42.8. The van der Waals surface area contributed by atoms with Gasteiger partial charge in [0.25, 0.3) is 0 Å². The first-order valence-corrected chi connectivity index (χ1v) is 14.6. The molecule has 1 radical (unpaired) electrons. The quantitative estimate of drug-likeness (QED) is 0.168. The summed E-state index contributed by atoms with van der Waals surface area (Å²) in [6.45, 7) is 4.17. The molecule has 8 rings (SSSR count). The van der Waals surface area contributed by atoms with Gasteiger partial charge in [-0.2, -0.15) is 59.7 Å². The fourth-order valence-electron chi connectivity index (χ4n) is 5.03. The van der Waals surface area contributed by atoms with E-state index in [0.717, 1.165) is 33.8 Å². The van der Waals surface area contributed by atoms with Gasteiger partial charge in [0, 0.05) is 38.2 Å². The smallest absolute Gasteiger partial charge is 0.242 e. The van der Waals surface area contributed by atoms with Crippen molar-refractivity contribution in [3.63, 3.8) is 0 Å². The third kappa shape index (κ3) is 7.20. The van der Waals surface area contributed by atoms with Crippen molar-refractivity contribution in [2.75, 3.05) is 0 Å². The number of imidazole rings is 2. The van der Waals surface area contributed by atoms with Crippen LogP contribution in [-0.4, -0.2) is 19.2 Å². The predicted molar refractivity (Wildman–Crippen MR) is 175 cm³/mol. The number of aryl methyl sites for hydroxylation is 4. The van der Waals surface area contributed by atoms with Crippen molar-refractivity contribution in [1.29, 1.82) is 0 Å². The van der Waals surface area contributed by atoms with Gasteiger partial charge < -0.3 is 28.5 Å². The number of rotatable bonds is 3. The molecule has 0 unspecified atom stereocenters. The topological polar surface area (TPSA) is 57.5 Å². The molecular formula is C38H32IrN7-3. The van der Waals surface area contributed by atoms with Gasteiger partial charge in [0.05, 0.1) is 36.2 Å². The van der Waals surface area contributed by atoms with Crippen molar-refractivity contribution in [2.24, 2.45) is 14.1 Å². The average molecular weight is 779 g/mol. The van der Waals surface area contributed by atoms with Crippen molar-refractivity contribution >= 4 is 22.1 Å². The number of fused-ring (bicyclic) bond motifs is 2. The van der Waals surface area contributed by atoms with E-state index in [2.05, 4.69) is 102 Å². The molecule has 4 heterocycles. The molecule has 0 bridgehead atoms. The summed E-state index contributed by atoms with van der Waals surface area (Å²) in [5.74, 6) is 0. The zero-order chi connectivity index (χ0) is 31.2. The standard InChI is InChI=1S/2C15H13N2.C8H6N3.Ir/c2*1-12-6-5-7-13(10-12)17-11-16(2)14-8-3-4-9-15(14)17;1-2-5-9-7(3-1)8-4-6-10-11-8;/h2*3-6,8-10H,1-2H3;1-6H;/q3*-1;. The summed E-state index contributed by atoms with van der Waals surface area (Å²) in [6.07, 6.45) is 9.99. The van der Waals surface area contributed by atoms with Gasteiger partial charge in [-0.15, -0.1) is 0 Å². The normalized spacial score (nSPS) is 10.4. The van der Waals surface area contributed by atoms with Gasteiger partial charge in [-0.3, -0.25) is 4.98 Å². The maximum atomic E-state index is 4.12. The van der Waals surface area contributed by atoms with E-state index in [1.165, 1.54) is 22.2 Å². The van der Waals surface area contributed by atoms with Gasteiger partial charge in [0.2, 0.25) is 12.7 Å². The van der Waals surface area contributed by atoms with Gasteiger partial charge in [-0.25, -0.2) is 0 Å². The summed E-state index contributed by atoms with van der Waals surface area (Å²) < 4.78 is 8.10. The minimum absolute atomic E-state index is 0. The van der Waals surface area contributed by atoms with Gasteiger partial charge in [0.15, 0.2) is 0 Å². The molecule has 231 valence electrons. The van der Waals surface area contributed by atoms with Crippen LogP contribution in [0, 0.1) is 38.6 Å². The van der Waals surface area contributed by atoms with Gasteiger partial charge in [-0.05, 0) is 12.1 Å². The third-order valence-corrected chi connectivity index (χ3v) is 7.23. The number of aromatic nitrogens is 7. The molecule has 0 spiro atoms. The maximum Gasteiger partial charge on any atom is 0.242 e. The first-order chi connectivity index (χ1) is 22.0. The van der Waals surface area contributed by atoms with Crippen LogP contribution >= 0.6 is 0 Å². The minimum Gasteiger partial charge on any atom is -0.574 e. The summed E-state index contributed by atoms with van der Waals surface area (Å²) in [7, 11) is 4.02. The zero-order valence-corrected chi connectivity index (χ0v) is 28.4. The Morgan fingerprint density at radius 1 is 0.630 bits per heavy atom. The average Bonchev–Trinajstić information content (AvgIpc) is 3.81. The van der Waals surface area contributed by atoms with E-state index in [4.69, 9.17) is 0 Å². The Morgan fingerprint density at radius 3 is 1.61 bits per heavy atom. The van der Waals surface area contributed by atoms with Crippen molar-refractivity contribution in [2.45, 2.75) is 13.8 Å². The van der Waals surface area contributed by atoms with Crippen molar-refractivity contribution < 1.29 is 29.2 Å². The van der Waals surface area contributed by atoms with E-state index in [1.54, 1.807) is 12.4 Å². The van der Waals surface area contributed by atoms with Crippen LogP contribution in [0.15, 0.2) is 122 Å². The van der Waals surface area contributed by atoms with E-state index < -0.39 is 0 Å². The molecule has 7 nitrogen and oxygen atoms in total. The summed E-state index contributed by atoms with van der Waals surface area (Å²) in [5, 5.41) is 7.58. The molecule has 4 aromatic heterocycles. The Hall–Kier alpha value is -5.17. The fraction of sp³-hybridized carbons (Fsp3) is 0.105. The third-order valence-electron chi connectivity index (χ3n) is 7.23. The molecule has 0 amide bonds. The van der Waals surface area contributed by atoms with E-state index in [0.29, 0.717) is 0 Å². The van der Waals surface area contributed by atoms with Crippen LogP contribution in [0.25, 0.3) is 44.8 Å². The zero-order valence-electron chi connectivity index (χ0n) is 26.0. The minimum atomic E-state index is 0. The molecule has 0 atom stereocenters. The summed E-state index contributed by atoms with van der Waals surface area (Å²) in [4.78, 5) is 4.12. The Bertz CT molecular complexity index is 2040. The molecule has 0 aliphatic rings. The molecule has 4 aromatic carbocycles. The van der Waals surface area contributed by atoms with E-state index in [1.807, 2.05) is 93.0 Å². The van der Waals surface area contributed by atoms with Crippen LogP contribution in [-0.2, 0) is 34.2 Å². The molecule has 0 saturated carbocycles. The molecular weight excluding hydrogens is 747 g/mol. The van der Waals surface area contributed by atoms with Gasteiger partial charge >= 0.3 is 0 Å². The summed E-state index contributed by atoms with van der Waals surface area (Å²) in [5.41, 5.74) is 10.8. The predicted octanol–water partition coefficient (Wildman–Crippen LogP) is 5.83. The molecule has 8 aromatic rings. The molecule has 0 saturated heterocycles. The van der Waals surface area contributed by atoms with Crippen molar-refractivity contribution in [1.82, 2.24) is 24.3 Å². The molecule has 0 aliphatic carbocycles. The number of hydrogen-bond acceptors (Lipinski definition) is 2. The van der Waals surface area contributed by atoms with Crippen LogP contribution in [0.4, 0.5) is 0 Å². The van der Waals surface area contributed by atoms with Crippen LogP contribution < -0.4 is 14.2 Å². The van der Waals surface area contributed by atoms with Crippen LogP contribution in [0.3, 0.4) is 0 Å². The number of para-hydroxylation sites is 4. The van der Waals surface area contributed by atoms with Gasteiger partial charge in [-0.1, -0.05) is 91.6 Å². The first kappa shape index (κ1) is 32.2. The second-order valence-electron chi connectivity index (χ2n) is 10.6. The van der Waals surface area contributed by atoms with E-state index in [-0.39, 0.29) is 20.1 Å². The molecule has 8 heteroatoms. The van der Waals surface area contributed by atoms with E-state index in [9.17, 15) is 0 Å². The first-order valence-electron chi connectivity index (χ1n) is 14.6. The Balaban J connectivity index is 0.000000138. The second kappa shape index (κ2) is 14.7. The Morgan fingerprint density at radius 2 is 1.15 bits per heavy atom. The largest absolute Gasteiger partial charge is 0.574 e. The molecule has 0 aliphatic heterocycles. The fourth-order valence-corrected chi connectivity index (χ4v) is 5.03. The monoisotopic (exact) mass is 779 g/mol. The van der Waals surface area contributed by atoms with Crippen LogP contribution in [0.2, 0.25) is 0 Å².